The number of carbonyl (C=O) groups is 1. The van der Waals surface area contributed by atoms with Crippen molar-refractivity contribution in [3.05, 3.63) is 48.0 Å². The highest BCUT2D eigenvalue weighted by atomic mass is 16.3. The first-order valence-electron chi connectivity index (χ1n) is 10.1. The number of rotatable bonds is 11. The van der Waals surface area contributed by atoms with Gasteiger partial charge in [0.2, 0.25) is 5.91 Å². The van der Waals surface area contributed by atoms with Gasteiger partial charge in [0.25, 0.3) is 0 Å². The number of hydrogen-bond donors (Lipinski definition) is 4. The summed E-state index contributed by atoms with van der Waals surface area (Å²) in [6, 6.07) is 3.81. The fraction of sp³-hybridized carbons (Fsp3) is 0.591. The Morgan fingerprint density at radius 3 is 2.79 bits per heavy atom. The SMILES string of the molecule is Cc1ccc(CC[C@H](O)C=C[C@@H]2[C@@H](CC=CCCCC(N)=O)[C@@H](O)C[C@H]2O)o1. The van der Waals surface area contributed by atoms with Gasteiger partial charge in [0.15, 0.2) is 0 Å². The summed E-state index contributed by atoms with van der Waals surface area (Å²) in [6.07, 6.45) is 9.75. The normalized spacial score (nSPS) is 26.4. The Morgan fingerprint density at radius 1 is 1.32 bits per heavy atom. The summed E-state index contributed by atoms with van der Waals surface area (Å²) in [5, 5.41) is 30.7. The molecule has 0 radical (unpaired) electrons. The van der Waals surface area contributed by atoms with E-state index in [1.54, 1.807) is 6.08 Å². The lowest BCUT2D eigenvalue weighted by molar-refractivity contribution is -0.118. The van der Waals surface area contributed by atoms with Crippen LogP contribution in [0.15, 0.2) is 40.9 Å². The van der Waals surface area contributed by atoms with Gasteiger partial charge >= 0.3 is 0 Å². The first kappa shape index (κ1) is 22.4. The van der Waals surface area contributed by atoms with Crippen molar-refractivity contribution in [3.63, 3.8) is 0 Å². The van der Waals surface area contributed by atoms with Gasteiger partial charge in [-0.05, 0) is 50.7 Å². The zero-order valence-corrected chi connectivity index (χ0v) is 16.5. The van der Waals surface area contributed by atoms with E-state index in [2.05, 4.69) is 0 Å². The third kappa shape index (κ3) is 7.26. The third-order valence-electron chi connectivity index (χ3n) is 5.32. The van der Waals surface area contributed by atoms with Crippen molar-refractivity contribution < 1.29 is 24.5 Å². The van der Waals surface area contributed by atoms with Crippen molar-refractivity contribution in [3.8, 4) is 0 Å². The van der Waals surface area contributed by atoms with Crippen LogP contribution >= 0.6 is 0 Å². The van der Waals surface area contributed by atoms with Crippen LogP contribution in [0, 0.1) is 18.8 Å². The van der Waals surface area contributed by atoms with Crippen LogP contribution in [0.1, 0.15) is 50.0 Å². The quantitative estimate of drug-likeness (QED) is 0.341. The first-order valence-corrected chi connectivity index (χ1v) is 10.1. The molecule has 156 valence electrons. The summed E-state index contributed by atoms with van der Waals surface area (Å²) in [5.74, 6) is 1.13. The Balaban J connectivity index is 1.81. The maximum absolute atomic E-state index is 10.7. The molecule has 0 bridgehead atoms. The molecule has 5 N–H and O–H groups in total. The Kier molecular flexibility index (Phi) is 8.96. The van der Waals surface area contributed by atoms with Crippen LogP contribution in [0.25, 0.3) is 0 Å². The molecular formula is C22H33NO5. The lowest BCUT2D eigenvalue weighted by Crippen LogP contribution is -2.20. The Morgan fingerprint density at radius 2 is 2.11 bits per heavy atom. The maximum Gasteiger partial charge on any atom is 0.217 e. The minimum Gasteiger partial charge on any atom is -0.466 e. The van der Waals surface area contributed by atoms with Gasteiger partial charge < -0.3 is 25.5 Å². The molecule has 6 heteroatoms. The van der Waals surface area contributed by atoms with E-state index in [0.29, 0.717) is 38.5 Å². The maximum atomic E-state index is 10.7. The van der Waals surface area contributed by atoms with Crippen LogP contribution in [0.3, 0.4) is 0 Å². The molecule has 5 atom stereocenters. The van der Waals surface area contributed by atoms with Gasteiger partial charge in [-0.15, -0.1) is 0 Å². The number of unbranched alkanes of at least 4 members (excludes halogenated alkanes) is 1. The summed E-state index contributed by atoms with van der Waals surface area (Å²) in [4.78, 5) is 10.7. The van der Waals surface area contributed by atoms with Crippen LogP contribution in [0.5, 0.6) is 0 Å². The molecule has 1 aliphatic carbocycles. The topological polar surface area (TPSA) is 117 Å². The highest BCUT2D eigenvalue weighted by Crippen LogP contribution is 2.36. The van der Waals surface area contributed by atoms with Crippen LogP contribution in [-0.2, 0) is 11.2 Å². The number of furan rings is 1. The summed E-state index contributed by atoms with van der Waals surface area (Å²) in [5.41, 5.74) is 5.11. The summed E-state index contributed by atoms with van der Waals surface area (Å²) >= 11 is 0. The minimum atomic E-state index is -0.625. The molecule has 28 heavy (non-hydrogen) atoms. The third-order valence-corrected chi connectivity index (χ3v) is 5.32. The number of aryl methyl sites for hydroxylation is 2. The zero-order chi connectivity index (χ0) is 20.5. The van der Waals surface area contributed by atoms with Crippen molar-refractivity contribution in [2.45, 2.75) is 70.2 Å². The number of hydrogen-bond acceptors (Lipinski definition) is 5. The van der Waals surface area contributed by atoms with E-state index in [-0.39, 0.29) is 17.7 Å². The summed E-state index contributed by atoms with van der Waals surface area (Å²) in [6.45, 7) is 1.89. The van der Waals surface area contributed by atoms with E-state index in [4.69, 9.17) is 10.2 Å². The lowest BCUT2D eigenvalue weighted by Gasteiger charge is -2.19. The average molecular weight is 392 g/mol. The second-order valence-electron chi connectivity index (χ2n) is 7.68. The number of carbonyl (C=O) groups excluding carboxylic acids is 1. The summed E-state index contributed by atoms with van der Waals surface area (Å²) < 4.78 is 5.50. The van der Waals surface area contributed by atoms with Crippen molar-refractivity contribution >= 4 is 5.91 Å². The number of nitrogens with two attached hydrogens (primary N) is 1. The highest BCUT2D eigenvalue weighted by molar-refractivity contribution is 5.73. The molecule has 0 unspecified atom stereocenters. The van der Waals surface area contributed by atoms with Crippen molar-refractivity contribution in [1.29, 1.82) is 0 Å². The predicted octanol–water partition coefficient (Wildman–Crippen LogP) is 2.40. The molecule has 1 aliphatic rings. The zero-order valence-electron chi connectivity index (χ0n) is 16.5. The van der Waals surface area contributed by atoms with Gasteiger partial charge in [-0.3, -0.25) is 4.79 Å². The van der Waals surface area contributed by atoms with Crippen LogP contribution in [0.4, 0.5) is 0 Å². The van der Waals surface area contributed by atoms with E-state index in [0.717, 1.165) is 17.9 Å². The number of primary amides is 1. The van der Waals surface area contributed by atoms with Crippen LogP contribution in [-0.4, -0.2) is 39.5 Å². The number of allylic oxidation sites excluding steroid dienone is 2. The predicted molar refractivity (Wildman–Crippen MR) is 107 cm³/mol. The standard InChI is InChI=1S/C22H33NO5/c1-15-8-11-17(28-15)12-9-16(24)10-13-19-18(20(25)14-21(19)26)6-4-2-3-5-7-22(23)27/h2,4,8,10-11,13,16,18-21,24-26H,3,5-7,9,12,14H2,1H3,(H2,23,27)/t16-,18+,19+,20-,21+/m0/s1. The minimum absolute atomic E-state index is 0.0847. The summed E-state index contributed by atoms with van der Waals surface area (Å²) in [7, 11) is 0. The van der Waals surface area contributed by atoms with Crippen molar-refractivity contribution in [2.24, 2.45) is 17.6 Å². The molecule has 2 rings (SSSR count). The van der Waals surface area contributed by atoms with Crippen LogP contribution < -0.4 is 5.73 Å². The van der Waals surface area contributed by atoms with E-state index in [1.165, 1.54) is 0 Å². The molecule has 0 spiro atoms. The average Bonchev–Trinajstić information content (AvgIpc) is 3.16. The van der Waals surface area contributed by atoms with Gasteiger partial charge in [0.05, 0.1) is 18.3 Å². The smallest absolute Gasteiger partial charge is 0.217 e. The second kappa shape index (κ2) is 11.2. The molecule has 6 nitrogen and oxygen atoms in total. The van der Waals surface area contributed by atoms with Crippen molar-refractivity contribution in [2.75, 3.05) is 0 Å². The molecule has 1 fully saturated rings. The fourth-order valence-corrected chi connectivity index (χ4v) is 3.73. The largest absolute Gasteiger partial charge is 0.466 e. The molecule has 0 saturated heterocycles. The molecule has 0 aliphatic heterocycles. The fourth-order valence-electron chi connectivity index (χ4n) is 3.73. The number of amides is 1. The Hall–Kier alpha value is -1.89. The second-order valence-corrected chi connectivity index (χ2v) is 7.68. The molecule has 1 amide bonds. The van der Waals surface area contributed by atoms with Gasteiger partial charge in [0.1, 0.15) is 11.5 Å². The first-order chi connectivity index (χ1) is 13.4. The molecule has 1 aromatic rings. The Bertz CT molecular complexity index is 666. The Labute approximate surface area is 166 Å². The highest BCUT2D eigenvalue weighted by Gasteiger charge is 2.39. The van der Waals surface area contributed by atoms with Gasteiger partial charge in [0, 0.05) is 25.2 Å². The van der Waals surface area contributed by atoms with E-state index in [9.17, 15) is 20.1 Å². The van der Waals surface area contributed by atoms with E-state index in [1.807, 2.05) is 37.3 Å². The monoisotopic (exact) mass is 391 g/mol. The van der Waals surface area contributed by atoms with Gasteiger partial charge in [-0.2, -0.15) is 0 Å². The van der Waals surface area contributed by atoms with Gasteiger partial charge in [-0.1, -0.05) is 24.3 Å². The van der Waals surface area contributed by atoms with Gasteiger partial charge in [-0.25, -0.2) is 0 Å². The lowest BCUT2D eigenvalue weighted by atomic mass is 9.89. The molecule has 0 aromatic carbocycles. The van der Waals surface area contributed by atoms with E-state index < -0.39 is 18.3 Å². The number of aliphatic hydroxyl groups excluding tert-OH is 3. The van der Waals surface area contributed by atoms with Crippen molar-refractivity contribution in [1.82, 2.24) is 0 Å². The molecule has 1 aromatic heterocycles. The van der Waals surface area contributed by atoms with E-state index >= 15 is 0 Å². The molecule has 1 saturated carbocycles. The molecule has 1 heterocycles. The number of aliphatic hydroxyl groups is 3. The molecular weight excluding hydrogens is 358 g/mol. The van der Waals surface area contributed by atoms with Crippen LogP contribution in [0.2, 0.25) is 0 Å².